The predicted molar refractivity (Wildman–Crippen MR) is 144 cm³/mol. The molecule has 1 saturated heterocycles. The summed E-state index contributed by atoms with van der Waals surface area (Å²) in [5, 5.41) is 3.57. The lowest BCUT2D eigenvalue weighted by molar-refractivity contribution is -0.117. The van der Waals surface area contributed by atoms with Crippen LogP contribution in [-0.2, 0) is 9.53 Å². The molecule has 0 saturated carbocycles. The largest absolute Gasteiger partial charge is 0.462 e. The second-order valence-corrected chi connectivity index (χ2v) is 10.1. The van der Waals surface area contributed by atoms with E-state index in [4.69, 9.17) is 4.74 Å². The van der Waals surface area contributed by atoms with Crippen molar-refractivity contribution in [2.24, 2.45) is 0 Å². The molecule has 6 nitrogen and oxygen atoms in total. The van der Waals surface area contributed by atoms with E-state index >= 15 is 0 Å². The SMILES string of the molecule is CCOC(=O)c1c(NC(=O)CN2CCN(c3ccccc3C)CC2)sc(C)c1-c1ccc(C)cc1. The quantitative estimate of drug-likeness (QED) is 0.456. The van der Waals surface area contributed by atoms with Gasteiger partial charge in [-0.2, -0.15) is 0 Å². The van der Waals surface area contributed by atoms with Gasteiger partial charge >= 0.3 is 5.97 Å². The summed E-state index contributed by atoms with van der Waals surface area (Å²) in [7, 11) is 0. The number of piperazine rings is 1. The number of nitrogens with zero attached hydrogens (tertiary/aromatic N) is 2. The van der Waals surface area contributed by atoms with E-state index < -0.39 is 5.97 Å². The topological polar surface area (TPSA) is 61.9 Å². The zero-order chi connectivity index (χ0) is 24.9. The Morgan fingerprint density at radius 2 is 1.66 bits per heavy atom. The van der Waals surface area contributed by atoms with Crippen molar-refractivity contribution in [1.82, 2.24) is 4.90 Å². The lowest BCUT2D eigenvalue weighted by Gasteiger charge is -2.36. The summed E-state index contributed by atoms with van der Waals surface area (Å²) in [6.07, 6.45) is 0. The van der Waals surface area contributed by atoms with Crippen molar-refractivity contribution in [3.63, 3.8) is 0 Å². The van der Waals surface area contributed by atoms with Gasteiger partial charge in [0, 0.05) is 42.3 Å². The van der Waals surface area contributed by atoms with Gasteiger partial charge in [-0.15, -0.1) is 11.3 Å². The summed E-state index contributed by atoms with van der Waals surface area (Å²) >= 11 is 1.42. The van der Waals surface area contributed by atoms with E-state index in [1.165, 1.54) is 22.6 Å². The van der Waals surface area contributed by atoms with Crippen molar-refractivity contribution in [2.45, 2.75) is 27.7 Å². The van der Waals surface area contributed by atoms with E-state index in [0.29, 0.717) is 17.1 Å². The smallest absolute Gasteiger partial charge is 0.341 e. The van der Waals surface area contributed by atoms with Crippen LogP contribution >= 0.6 is 11.3 Å². The van der Waals surface area contributed by atoms with E-state index in [2.05, 4.69) is 46.3 Å². The molecule has 0 spiro atoms. The van der Waals surface area contributed by atoms with Crippen molar-refractivity contribution in [1.29, 1.82) is 0 Å². The molecule has 1 aliphatic rings. The number of ether oxygens (including phenoxy) is 1. The number of hydrogen-bond donors (Lipinski definition) is 1. The van der Waals surface area contributed by atoms with Crippen molar-refractivity contribution in [3.8, 4) is 11.1 Å². The van der Waals surface area contributed by atoms with Gasteiger partial charge in [0.15, 0.2) is 0 Å². The molecule has 184 valence electrons. The standard InChI is InChI=1S/C28H33N3O3S/c1-5-34-28(33)26-25(22-12-10-19(2)11-13-22)21(4)35-27(26)29-24(32)18-30-14-16-31(17-15-30)23-9-7-6-8-20(23)3/h6-13H,5,14-18H2,1-4H3,(H,29,32). The van der Waals surface area contributed by atoms with Crippen LogP contribution in [0.4, 0.5) is 10.7 Å². The number of hydrogen-bond acceptors (Lipinski definition) is 6. The zero-order valence-corrected chi connectivity index (χ0v) is 21.7. The lowest BCUT2D eigenvalue weighted by Crippen LogP contribution is -2.48. The van der Waals surface area contributed by atoms with Crippen LogP contribution in [0.1, 0.15) is 33.3 Å². The highest BCUT2D eigenvalue weighted by Gasteiger charge is 2.26. The Labute approximate surface area is 211 Å². The van der Waals surface area contributed by atoms with E-state index in [0.717, 1.165) is 47.7 Å². The molecule has 1 aromatic heterocycles. The number of thiophene rings is 1. The Bertz CT molecular complexity index is 1190. The minimum atomic E-state index is -0.408. The summed E-state index contributed by atoms with van der Waals surface area (Å²) < 4.78 is 5.36. The third-order valence-electron chi connectivity index (χ3n) is 6.35. The molecule has 0 radical (unpaired) electrons. The Morgan fingerprint density at radius 3 is 2.31 bits per heavy atom. The van der Waals surface area contributed by atoms with Crippen molar-refractivity contribution in [2.75, 3.05) is 49.5 Å². The fraction of sp³-hybridized carbons (Fsp3) is 0.357. The van der Waals surface area contributed by atoms with Gasteiger partial charge in [0.25, 0.3) is 0 Å². The maximum atomic E-state index is 13.0. The molecule has 3 aromatic rings. The summed E-state index contributed by atoms with van der Waals surface area (Å²) in [4.78, 5) is 31.4. The van der Waals surface area contributed by atoms with E-state index in [-0.39, 0.29) is 12.5 Å². The van der Waals surface area contributed by atoms with Crippen LogP contribution in [0.15, 0.2) is 48.5 Å². The van der Waals surface area contributed by atoms with Gasteiger partial charge in [0.1, 0.15) is 10.6 Å². The molecule has 2 aromatic carbocycles. The van der Waals surface area contributed by atoms with Gasteiger partial charge in [-0.25, -0.2) is 4.79 Å². The highest BCUT2D eigenvalue weighted by molar-refractivity contribution is 7.17. The second kappa shape index (κ2) is 11.1. The number of anilines is 2. The normalized spacial score (nSPS) is 14.1. The Kier molecular flexibility index (Phi) is 7.88. The number of esters is 1. The first kappa shape index (κ1) is 24.9. The zero-order valence-electron chi connectivity index (χ0n) is 20.9. The van der Waals surface area contributed by atoms with E-state index in [1.54, 1.807) is 6.92 Å². The number of carbonyl (C=O) groups excluding carboxylic acids is 2. The van der Waals surface area contributed by atoms with Crippen LogP contribution in [0.2, 0.25) is 0 Å². The maximum absolute atomic E-state index is 13.0. The van der Waals surface area contributed by atoms with Crippen LogP contribution in [0.25, 0.3) is 11.1 Å². The van der Waals surface area contributed by atoms with Crippen LogP contribution in [0, 0.1) is 20.8 Å². The average Bonchev–Trinajstić information content (AvgIpc) is 3.16. The first-order chi connectivity index (χ1) is 16.9. The maximum Gasteiger partial charge on any atom is 0.341 e. The summed E-state index contributed by atoms with van der Waals surface area (Å²) in [6.45, 7) is 11.9. The number of amides is 1. The minimum absolute atomic E-state index is 0.114. The molecule has 0 aliphatic carbocycles. The summed E-state index contributed by atoms with van der Waals surface area (Å²) in [6, 6.07) is 16.5. The molecule has 1 amide bonds. The van der Waals surface area contributed by atoms with Crippen LogP contribution in [-0.4, -0.2) is 56.1 Å². The van der Waals surface area contributed by atoms with E-state index in [1.807, 2.05) is 38.1 Å². The van der Waals surface area contributed by atoms with Crippen LogP contribution in [0.5, 0.6) is 0 Å². The first-order valence-corrected chi connectivity index (χ1v) is 12.9. The highest BCUT2D eigenvalue weighted by Crippen LogP contribution is 2.40. The fourth-order valence-corrected chi connectivity index (χ4v) is 5.61. The molecule has 1 N–H and O–H groups in total. The molecule has 0 bridgehead atoms. The first-order valence-electron chi connectivity index (χ1n) is 12.1. The Morgan fingerprint density at radius 1 is 0.971 bits per heavy atom. The molecular formula is C28H33N3O3S. The van der Waals surface area contributed by atoms with Gasteiger partial charge in [-0.05, 0) is 44.9 Å². The Balaban J connectivity index is 1.46. The number of nitrogens with one attached hydrogen (secondary N) is 1. The molecule has 1 fully saturated rings. The molecule has 7 heteroatoms. The Hall–Kier alpha value is -3.16. The van der Waals surface area contributed by atoms with E-state index in [9.17, 15) is 9.59 Å². The molecular weight excluding hydrogens is 458 g/mol. The fourth-order valence-electron chi connectivity index (χ4n) is 4.53. The molecule has 4 rings (SSSR count). The monoisotopic (exact) mass is 491 g/mol. The van der Waals surface area contributed by atoms with Crippen molar-refractivity contribution < 1.29 is 14.3 Å². The third kappa shape index (κ3) is 5.74. The molecule has 35 heavy (non-hydrogen) atoms. The minimum Gasteiger partial charge on any atom is -0.462 e. The van der Waals surface area contributed by atoms with Gasteiger partial charge < -0.3 is 15.0 Å². The second-order valence-electron chi connectivity index (χ2n) is 8.92. The predicted octanol–water partition coefficient (Wildman–Crippen LogP) is 5.28. The average molecular weight is 492 g/mol. The van der Waals surface area contributed by atoms with Crippen LogP contribution in [0.3, 0.4) is 0 Å². The van der Waals surface area contributed by atoms with Gasteiger partial charge in [-0.3, -0.25) is 9.69 Å². The summed E-state index contributed by atoms with van der Waals surface area (Å²) in [5.41, 5.74) is 5.89. The number of para-hydroxylation sites is 1. The molecule has 0 atom stereocenters. The number of aryl methyl sites for hydroxylation is 3. The van der Waals surface area contributed by atoms with Crippen molar-refractivity contribution in [3.05, 3.63) is 70.1 Å². The molecule has 0 unspecified atom stereocenters. The van der Waals surface area contributed by atoms with Crippen molar-refractivity contribution >= 4 is 33.9 Å². The number of benzene rings is 2. The lowest BCUT2D eigenvalue weighted by atomic mass is 10.0. The van der Waals surface area contributed by atoms with Crippen LogP contribution < -0.4 is 10.2 Å². The number of carbonyl (C=O) groups is 2. The highest BCUT2D eigenvalue weighted by atomic mass is 32.1. The number of rotatable bonds is 7. The van der Waals surface area contributed by atoms with Gasteiger partial charge in [-0.1, -0.05) is 48.0 Å². The molecule has 1 aliphatic heterocycles. The summed E-state index contributed by atoms with van der Waals surface area (Å²) in [5.74, 6) is -0.522. The van der Waals surface area contributed by atoms with Gasteiger partial charge in [0.05, 0.1) is 13.2 Å². The third-order valence-corrected chi connectivity index (χ3v) is 7.37. The van der Waals surface area contributed by atoms with Gasteiger partial charge in [0.2, 0.25) is 5.91 Å². The molecule has 2 heterocycles.